The van der Waals surface area contributed by atoms with Gasteiger partial charge in [0.25, 0.3) is 0 Å². The summed E-state index contributed by atoms with van der Waals surface area (Å²) in [5, 5.41) is 8.04. The molecule has 10 heteroatoms. The Morgan fingerprint density at radius 3 is 2.50 bits per heavy atom. The van der Waals surface area contributed by atoms with Crippen LogP contribution in [0.15, 0.2) is 30.3 Å². The molecule has 1 unspecified atom stereocenters. The van der Waals surface area contributed by atoms with Gasteiger partial charge in [-0.3, -0.25) is 0 Å². The molecule has 28 heavy (non-hydrogen) atoms. The summed E-state index contributed by atoms with van der Waals surface area (Å²) in [6.45, 7) is 0.489. The second-order valence-corrected chi connectivity index (χ2v) is 8.87. The number of halogens is 2. The average Bonchev–Trinajstić information content (AvgIpc) is 2.61. The predicted molar refractivity (Wildman–Crippen MR) is 101 cm³/mol. The summed E-state index contributed by atoms with van der Waals surface area (Å²) in [5.41, 5.74) is 0.0747. The molecule has 1 aliphatic heterocycles. The zero-order valence-electron chi connectivity index (χ0n) is 15.7. The Balaban J connectivity index is 1.66. The lowest BCUT2D eigenvalue weighted by Crippen LogP contribution is -2.44. The van der Waals surface area contributed by atoms with Crippen LogP contribution in [0.4, 0.5) is 14.6 Å². The lowest BCUT2D eigenvalue weighted by molar-refractivity contribution is 0.123. The van der Waals surface area contributed by atoms with E-state index in [9.17, 15) is 17.2 Å². The first-order valence-electron chi connectivity index (χ1n) is 8.83. The number of piperidine rings is 1. The molecule has 7 nitrogen and oxygen atoms in total. The highest BCUT2D eigenvalue weighted by Crippen LogP contribution is 2.22. The van der Waals surface area contributed by atoms with Crippen molar-refractivity contribution in [2.75, 3.05) is 32.1 Å². The molecular formula is C18H22F2N4O3S. The predicted octanol–water partition coefficient (Wildman–Crippen LogP) is 2.19. The van der Waals surface area contributed by atoms with E-state index >= 15 is 0 Å². The van der Waals surface area contributed by atoms with Gasteiger partial charge in [0.05, 0.1) is 12.3 Å². The van der Waals surface area contributed by atoms with Crippen LogP contribution in [0, 0.1) is 11.6 Å². The fraction of sp³-hybridized carbons (Fsp3) is 0.444. The molecule has 0 N–H and O–H groups in total. The first kappa shape index (κ1) is 20.4. The lowest BCUT2D eigenvalue weighted by Gasteiger charge is -2.31. The molecule has 1 atom stereocenters. The highest BCUT2D eigenvalue weighted by Gasteiger charge is 2.30. The van der Waals surface area contributed by atoms with Crippen LogP contribution < -0.4 is 9.64 Å². The number of aromatic nitrogens is 2. The van der Waals surface area contributed by atoms with Gasteiger partial charge in [-0.15, -0.1) is 10.2 Å². The minimum atomic E-state index is -3.74. The molecule has 1 saturated heterocycles. The minimum Gasteiger partial charge on any atom is -0.472 e. The normalized spacial score (nSPS) is 18.1. The van der Waals surface area contributed by atoms with Gasteiger partial charge in [0.1, 0.15) is 17.7 Å². The Kier molecular flexibility index (Phi) is 6.09. The van der Waals surface area contributed by atoms with Crippen LogP contribution in [0.1, 0.15) is 18.4 Å². The molecule has 0 radical (unpaired) electrons. The van der Waals surface area contributed by atoms with Gasteiger partial charge in [-0.05, 0) is 36.6 Å². The van der Waals surface area contributed by atoms with Crippen LogP contribution in [0.25, 0.3) is 0 Å². The van der Waals surface area contributed by atoms with Crippen molar-refractivity contribution in [2.24, 2.45) is 0 Å². The molecule has 0 bridgehead atoms. The number of nitrogens with zero attached hydrogens (tertiary/aromatic N) is 4. The number of anilines is 1. The molecule has 0 saturated carbocycles. The van der Waals surface area contributed by atoms with Crippen LogP contribution in [-0.4, -0.2) is 56.2 Å². The average molecular weight is 412 g/mol. The molecule has 1 aliphatic rings. The topological polar surface area (TPSA) is 75.6 Å². The molecule has 2 aromatic rings. The Hall–Kier alpha value is -2.33. The quantitative estimate of drug-likeness (QED) is 0.724. The summed E-state index contributed by atoms with van der Waals surface area (Å²) in [5.74, 6) is -1.06. The minimum absolute atomic E-state index is 0.0747. The molecular weight excluding hydrogens is 390 g/mol. The fourth-order valence-corrected chi connectivity index (χ4v) is 4.61. The lowest BCUT2D eigenvalue weighted by atomic mass is 10.1. The number of rotatable bonds is 6. The van der Waals surface area contributed by atoms with Gasteiger partial charge in [-0.2, -0.15) is 4.31 Å². The third kappa shape index (κ3) is 5.14. The molecule has 0 spiro atoms. The number of benzene rings is 1. The second-order valence-electron chi connectivity index (χ2n) is 6.90. The fourth-order valence-electron chi connectivity index (χ4n) is 3.04. The maximum absolute atomic E-state index is 13.3. The van der Waals surface area contributed by atoms with Crippen LogP contribution >= 0.6 is 0 Å². The summed E-state index contributed by atoms with van der Waals surface area (Å²) in [6, 6.07) is 6.22. The second kappa shape index (κ2) is 8.36. The maximum Gasteiger partial charge on any atom is 0.233 e. The smallest absolute Gasteiger partial charge is 0.233 e. The summed E-state index contributed by atoms with van der Waals surface area (Å²) >= 11 is 0. The van der Waals surface area contributed by atoms with Gasteiger partial charge in [0.15, 0.2) is 5.82 Å². The van der Waals surface area contributed by atoms with Gasteiger partial charge < -0.3 is 9.64 Å². The Morgan fingerprint density at radius 2 is 1.89 bits per heavy atom. The molecule has 0 amide bonds. The van der Waals surface area contributed by atoms with E-state index in [-0.39, 0.29) is 18.2 Å². The largest absolute Gasteiger partial charge is 0.472 e. The van der Waals surface area contributed by atoms with Crippen LogP contribution in [0.2, 0.25) is 0 Å². The molecule has 0 aliphatic carbocycles. The first-order chi connectivity index (χ1) is 13.2. The molecule has 1 aromatic carbocycles. The van der Waals surface area contributed by atoms with E-state index in [1.165, 1.54) is 4.31 Å². The summed E-state index contributed by atoms with van der Waals surface area (Å²) in [4.78, 5) is 1.81. The number of hydrogen-bond acceptors (Lipinski definition) is 6. The van der Waals surface area contributed by atoms with Gasteiger partial charge >= 0.3 is 0 Å². The van der Waals surface area contributed by atoms with Crippen LogP contribution in [0.3, 0.4) is 0 Å². The van der Waals surface area contributed by atoms with E-state index in [1.807, 2.05) is 14.1 Å². The zero-order chi connectivity index (χ0) is 20.3. The van der Waals surface area contributed by atoms with Gasteiger partial charge in [0, 0.05) is 32.8 Å². The summed E-state index contributed by atoms with van der Waals surface area (Å²) < 4.78 is 59.1. The van der Waals surface area contributed by atoms with E-state index in [2.05, 4.69) is 10.2 Å². The Labute approximate surface area is 163 Å². The molecule has 2 heterocycles. The molecule has 1 aromatic heterocycles. The van der Waals surface area contributed by atoms with Gasteiger partial charge in [-0.25, -0.2) is 17.2 Å². The Morgan fingerprint density at radius 1 is 1.18 bits per heavy atom. The van der Waals surface area contributed by atoms with Crippen molar-refractivity contribution in [1.82, 2.24) is 14.5 Å². The van der Waals surface area contributed by atoms with Crippen molar-refractivity contribution < 1.29 is 21.9 Å². The van der Waals surface area contributed by atoms with Gasteiger partial charge in [0.2, 0.25) is 15.9 Å². The first-order valence-corrected chi connectivity index (χ1v) is 10.4. The molecule has 152 valence electrons. The van der Waals surface area contributed by atoms with Crippen molar-refractivity contribution in [1.29, 1.82) is 0 Å². The highest BCUT2D eigenvalue weighted by molar-refractivity contribution is 7.88. The van der Waals surface area contributed by atoms with E-state index in [4.69, 9.17) is 4.74 Å². The van der Waals surface area contributed by atoms with Crippen molar-refractivity contribution in [3.63, 3.8) is 0 Å². The Bertz CT molecular complexity index is 903. The highest BCUT2D eigenvalue weighted by atomic mass is 32.2. The zero-order valence-corrected chi connectivity index (χ0v) is 16.5. The molecule has 1 fully saturated rings. The van der Waals surface area contributed by atoms with Crippen molar-refractivity contribution in [3.05, 3.63) is 47.5 Å². The van der Waals surface area contributed by atoms with Crippen LogP contribution in [-0.2, 0) is 15.8 Å². The van der Waals surface area contributed by atoms with E-state index in [0.717, 1.165) is 12.1 Å². The van der Waals surface area contributed by atoms with E-state index in [0.29, 0.717) is 37.2 Å². The van der Waals surface area contributed by atoms with Crippen LogP contribution in [0.5, 0.6) is 5.88 Å². The summed E-state index contributed by atoms with van der Waals surface area (Å²) in [6.07, 6.45) is 0.926. The van der Waals surface area contributed by atoms with E-state index < -0.39 is 27.4 Å². The number of hydrogen-bond donors (Lipinski definition) is 0. The monoisotopic (exact) mass is 412 g/mol. The van der Waals surface area contributed by atoms with Gasteiger partial charge in [-0.1, -0.05) is 0 Å². The number of ether oxygens (including phenoxy) is 1. The van der Waals surface area contributed by atoms with Crippen molar-refractivity contribution >= 4 is 15.8 Å². The van der Waals surface area contributed by atoms with E-state index in [1.54, 1.807) is 17.0 Å². The SMILES string of the molecule is CN(C)c1ccc(OC2CCCN(S(=O)(=O)Cc3cc(F)cc(F)c3)C2)nn1. The third-order valence-electron chi connectivity index (χ3n) is 4.38. The third-order valence-corrected chi connectivity index (χ3v) is 6.19. The summed E-state index contributed by atoms with van der Waals surface area (Å²) in [7, 11) is -0.0435. The number of sulfonamides is 1. The van der Waals surface area contributed by atoms with Crippen molar-refractivity contribution in [3.8, 4) is 5.88 Å². The standard InChI is InChI=1S/C18H22F2N4O3S/c1-23(2)17-5-6-18(22-21-17)27-16-4-3-7-24(11-16)28(25,26)12-13-8-14(19)10-15(20)9-13/h5-6,8-10,16H,3-4,7,11-12H2,1-2H3. The van der Waals surface area contributed by atoms with Crippen molar-refractivity contribution in [2.45, 2.75) is 24.7 Å². The maximum atomic E-state index is 13.3. The molecule has 3 rings (SSSR count).